The first-order valence-corrected chi connectivity index (χ1v) is 13.2. The number of azide groups is 1. The van der Waals surface area contributed by atoms with Gasteiger partial charge >= 0.3 is 35.8 Å². The van der Waals surface area contributed by atoms with Gasteiger partial charge in [0.1, 0.15) is 37.6 Å². The van der Waals surface area contributed by atoms with Crippen molar-refractivity contribution in [3.63, 3.8) is 0 Å². The van der Waals surface area contributed by atoms with Crippen molar-refractivity contribution in [2.75, 3.05) is 20.3 Å². The third kappa shape index (κ3) is 10.3. The summed E-state index contributed by atoms with van der Waals surface area (Å²) < 4.78 is 54.9. The zero-order chi connectivity index (χ0) is 33.1. The number of esters is 6. The van der Waals surface area contributed by atoms with Gasteiger partial charge in [-0.25, -0.2) is 0 Å². The molecule has 0 aromatic carbocycles. The highest BCUT2D eigenvalue weighted by Crippen LogP contribution is 2.35. The number of hydrogen-bond donors (Lipinski definition) is 0. The number of ether oxygens (including phenoxy) is 10. The van der Waals surface area contributed by atoms with Gasteiger partial charge < -0.3 is 47.4 Å². The Morgan fingerprint density at radius 2 is 1.02 bits per heavy atom. The van der Waals surface area contributed by atoms with Gasteiger partial charge in [0.05, 0.1) is 0 Å². The second-order valence-corrected chi connectivity index (χ2v) is 9.52. The van der Waals surface area contributed by atoms with Gasteiger partial charge in [0.25, 0.3) is 0 Å². The van der Waals surface area contributed by atoms with Crippen LogP contribution in [0, 0.1) is 0 Å². The van der Waals surface area contributed by atoms with Gasteiger partial charge in [-0.1, -0.05) is 5.11 Å². The van der Waals surface area contributed by atoms with E-state index in [4.69, 9.17) is 47.4 Å². The first-order valence-electron chi connectivity index (χ1n) is 13.2. The van der Waals surface area contributed by atoms with Crippen LogP contribution in [0.15, 0.2) is 5.11 Å². The highest BCUT2D eigenvalue weighted by Gasteiger charge is 2.56. The van der Waals surface area contributed by atoms with E-state index < -0.39 is 110 Å². The van der Waals surface area contributed by atoms with Crippen LogP contribution in [0.5, 0.6) is 0 Å². The second-order valence-electron chi connectivity index (χ2n) is 9.52. The van der Waals surface area contributed by atoms with Crippen molar-refractivity contribution in [1.29, 1.82) is 0 Å². The van der Waals surface area contributed by atoms with Crippen LogP contribution < -0.4 is 0 Å². The summed E-state index contributed by atoms with van der Waals surface area (Å²) in [4.78, 5) is 74.5. The molecule has 0 bridgehead atoms. The lowest BCUT2D eigenvalue weighted by atomic mass is 9.95. The maximum Gasteiger partial charge on any atom is 0.303 e. The molecular weight excluding hydrogens is 598 g/mol. The van der Waals surface area contributed by atoms with Gasteiger partial charge in [0.15, 0.2) is 37.0 Å². The van der Waals surface area contributed by atoms with Gasteiger partial charge in [-0.3, -0.25) is 28.8 Å². The van der Waals surface area contributed by atoms with Crippen molar-refractivity contribution in [3.05, 3.63) is 10.4 Å². The van der Waals surface area contributed by atoms with Crippen molar-refractivity contribution in [2.45, 2.75) is 103 Å². The van der Waals surface area contributed by atoms with Gasteiger partial charge in [-0.2, -0.15) is 0 Å². The lowest BCUT2D eigenvalue weighted by Gasteiger charge is -2.48. The molecule has 2 saturated heterocycles. The zero-order valence-corrected chi connectivity index (χ0v) is 25.1. The summed E-state index contributed by atoms with van der Waals surface area (Å²) in [6.45, 7) is 5.42. The topological polar surface area (TPSA) is 243 Å². The van der Waals surface area contributed by atoms with Crippen molar-refractivity contribution in [2.24, 2.45) is 5.11 Å². The molecule has 246 valence electrons. The van der Waals surface area contributed by atoms with Gasteiger partial charge in [0, 0.05) is 53.6 Å². The molecule has 44 heavy (non-hydrogen) atoms. The summed E-state index contributed by atoms with van der Waals surface area (Å²) >= 11 is 0. The number of carbonyl (C=O) groups excluding carboxylic acids is 6. The van der Waals surface area contributed by atoms with E-state index >= 15 is 0 Å². The summed E-state index contributed by atoms with van der Waals surface area (Å²) in [6.07, 6.45) is -13.4. The quantitative estimate of drug-likeness (QED) is 0.0902. The van der Waals surface area contributed by atoms with E-state index in [1.807, 2.05) is 0 Å². The molecule has 2 aliphatic rings. The largest absolute Gasteiger partial charge is 0.463 e. The molecule has 0 aromatic rings. The fourth-order valence-electron chi connectivity index (χ4n) is 4.54. The Morgan fingerprint density at radius 3 is 1.43 bits per heavy atom. The third-order valence-corrected chi connectivity index (χ3v) is 6.02. The Bertz CT molecular complexity index is 1130. The maximum absolute atomic E-state index is 12.2. The Labute approximate surface area is 251 Å². The van der Waals surface area contributed by atoms with Crippen molar-refractivity contribution in [3.8, 4) is 0 Å². The van der Waals surface area contributed by atoms with Crippen LogP contribution in [0.2, 0.25) is 0 Å². The Kier molecular flexibility index (Phi) is 13.7. The normalized spacial score (nSPS) is 31.3. The molecule has 2 aliphatic heterocycles. The molecular formula is C25H35N3O16. The highest BCUT2D eigenvalue weighted by atomic mass is 16.8. The zero-order valence-electron chi connectivity index (χ0n) is 25.1. The Balaban J connectivity index is 2.68. The fourth-order valence-corrected chi connectivity index (χ4v) is 4.54. The predicted molar refractivity (Wildman–Crippen MR) is 138 cm³/mol. The molecule has 0 amide bonds. The molecule has 19 heteroatoms. The van der Waals surface area contributed by atoms with E-state index in [0.29, 0.717) is 0 Å². The van der Waals surface area contributed by atoms with Crippen molar-refractivity contribution < 1.29 is 76.1 Å². The molecule has 0 saturated carbocycles. The number of hydrogen-bond acceptors (Lipinski definition) is 17. The van der Waals surface area contributed by atoms with E-state index in [0.717, 1.165) is 41.5 Å². The summed E-state index contributed by atoms with van der Waals surface area (Å²) in [5.74, 6) is -4.90. The van der Waals surface area contributed by atoms with E-state index in [-0.39, 0.29) is 0 Å². The average Bonchev–Trinajstić information content (AvgIpc) is 2.90. The molecule has 0 N–H and O–H groups in total. The molecule has 19 nitrogen and oxygen atoms in total. The van der Waals surface area contributed by atoms with Crippen LogP contribution in [0.25, 0.3) is 10.4 Å². The van der Waals surface area contributed by atoms with Crippen LogP contribution >= 0.6 is 0 Å². The minimum absolute atomic E-state index is 0.464. The van der Waals surface area contributed by atoms with Crippen LogP contribution in [0.4, 0.5) is 0 Å². The second kappa shape index (κ2) is 16.7. The first-order chi connectivity index (χ1) is 20.7. The van der Waals surface area contributed by atoms with E-state index in [1.54, 1.807) is 0 Å². The molecule has 0 radical (unpaired) electrons. The standard InChI is InChI=1S/C25H35N3O16/c1-10(29)36-8-16-19(38-12(3)31)21(18(27-28-26)24(35-7)42-16)44-25-23(41-15(6)34)22(40-14(5)33)20(39-13(4)32)17(43-25)9-37-11(2)30/h16-25H,8-9H2,1-7H3/t16-,17-,18-,19+,20+,21-,22+,23-,24+,25+/m1/s1. The first kappa shape index (κ1) is 36.2. The summed E-state index contributed by atoms with van der Waals surface area (Å²) in [7, 11) is 1.21. The minimum Gasteiger partial charge on any atom is -0.463 e. The summed E-state index contributed by atoms with van der Waals surface area (Å²) in [5, 5.41) is 3.68. The molecule has 2 fully saturated rings. The van der Waals surface area contributed by atoms with E-state index in [1.165, 1.54) is 7.11 Å². The van der Waals surface area contributed by atoms with Crippen LogP contribution in [0.3, 0.4) is 0 Å². The molecule has 0 aliphatic carbocycles. The molecule has 10 atom stereocenters. The van der Waals surface area contributed by atoms with Crippen molar-refractivity contribution >= 4 is 35.8 Å². The molecule has 2 heterocycles. The predicted octanol–water partition coefficient (Wildman–Crippen LogP) is -0.000300. The van der Waals surface area contributed by atoms with Gasteiger partial charge in [-0.15, -0.1) is 0 Å². The van der Waals surface area contributed by atoms with Crippen LogP contribution in [-0.2, 0) is 76.1 Å². The molecule has 0 spiro atoms. The van der Waals surface area contributed by atoms with E-state index in [9.17, 15) is 34.3 Å². The Morgan fingerprint density at radius 1 is 0.614 bits per heavy atom. The lowest BCUT2D eigenvalue weighted by Crippen LogP contribution is -2.66. The van der Waals surface area contributed by atoms with Crippen LogP contribution in [-0.4, -0.2) is 117 Å². The highest BCUT2D eigenvalue weighted by molar-refractivity contribution is 5.69. The lowest BCUT2D eigenvalue weighted by molar-refractivity contribution is -0.344. The number of nitrogens with zero attached hydrogens (tertiary/aromatic N) is 3. The van der Waals surface area contributed by atoms with Gasteiger partial charge in [0.2, 0.25) is 0 Å². The molecule has 2 rings (SSSR count). The minimum atomic E-state index is -1.75. The van der Waals surface area contributed by atoms with Crippen molar-refractivity contribution in [1.82, 2.24) is 0 Å². The molecule has 0 unspecified atom stereocenters. The summed E-state index contributed by atoms with van der Waals surface area (Å²) in [5.41, 5.74) is 9.32. The monoisotopic (exact) mass is 633 g/mol. The summed E-state index contributed by atoms with van der Waals surface area (Å²) in [6, 6.07) is -1.41. The SMILES string of the molecule is CO[C@H]1O[C@H](COC(C)=O)[C@H](OC(C)=O)[C@H](O[C@@H]2O[C@H](COC(C)=O)[C@H](OC(C)=O)[C@H](OC(C)=O)[C@H]2OC(C)=O)[C@H]1N=[N+]=[N-]. The number of carbonyl (C=O) groups is 6. The fraction of sp³-hybridized carbons (Fsp3) is 0.760. The average molecular weight is 634 g/mol. The van der Waals surface area contributed by atoms with E-state index in [2.05, 4.69) is 10.0 Å². The smallest absolute Gasteiger partial charge is 0.303 e. The molecule has 0 aromatic heterocycles. The van der Waals surface area contributed by atoms with Crippen LogP contribution in [0.1, 0.15) is 41.5 Å². The third-order valence-electron chi connectivity index (χ3n) is 6.02. The van der Waals surface area contributed by atoms with Gasteiger partial charge in [-0.05, 0) is 5.53 Å². The Hall–Kier alpha value is -4.03. The number of rotatable bonds is 12. The number of methoxy groups -OCH3 is 1. The maximum atomic E-state index is 12.2.